The van der Waals surface area contributed by atoms with Crippen LogP contribution in [0.5, 0.6) is 0 Å². The number of hydrogen-bond acceptors (Lipinski definition) is 2. The lowest BCUT2D eigenvalue weighted by Crippen LogP contribution is -2.15. The number of amides is 1. The Hall–Kier alpha value is -0.870. The molecular formula is C13H18BrNO2. The fourth-order valence-electron chi connectivity index (χ4n) is 1.37. The van der Waals surface area contributed by atoms with Crippen LogP contribution < -0.4 is 5.32 Å². The summed E-state index contributed by atoms with van der Waals surface area (Å²) in [7, 11) is 0. The number of nitrogens with one attached hydrogen (secondary N) is 1. The van der Waals surface area contributed by atoms with Gasteiger partial charge in [-0.05, 0) is 31.0 Å². The van der Waals surface area contributed by atoms with E-state index in [9.17, 15) is 4.79 Å². The number of rotatable bonds is 6. The molecule has 17 heavy (non-hydrogen) atoms. The molecule has 0 aromatic heterocycles. The van der Waals surface area contributed by atoms with E-state index in [4.69, 9.17) is 4.74 Å². The van der Waals surface area contributed by atoms with Gasteiger partial charge < -0.3 is 10.1 Å². The van der Waals surface area contributed by atoms with Crippen molar-refractivity contribution in [1.29, 1.82) is 0 Å². The lowest BCUT2D eigenvalue weighted by atomic mass is 10.2. The summed E-state index contributed by atoms with van der Waals surface area (Å²) in [5, 5.41) is 2.88. The molecule has 1 rings (SSSR count). The van der Waals surface area contributed by atoms with Gasteiger partial charge in [-0.2, -0.15) is 0 Å². The van der Waals surface area contributed by atoms with Gasteiger partial charge in [-0.3, -0.25) is 4.79 Å². The summed E-state index contributed by atoms with van der Waals surface area (Å²) in [6.45, 7) is 5.20. The molecule has 3 nitrogen and oxygen atoms in total. The number of benzene rings is 1. The molecule has 0 saturated heterocycles. The second-order valence-electron chi connectivity index (χ2n) is 3.82. The number of carbonyl (C=O) groups excluding carboxylic acids is 1. The predicted octanol–water partition coefficient (Wildman–Crippen LogP) is 3.51. The quantitative estimate of drug-likeness (QED) is 0.816. The van der Waals surface area contributed by atoms with Gasteiger partial charge in [0.05, 0.1) is 13.0 Å². The first-order valence-electron chi connectivity index (χ1n) is 5.78. The third-order valence-corrected chi connectivity index (χ3v) is 3.22. The highest BCUT2D eigenvalue weighted by Gasteiger charge is 2.06. The molecule has 0 atom stereocenters. The van der Waals surface area contributed by atoms with Gasteiger partial charge in [-0.15, -0.1) is 0 Å². The summed E-state index contributed by atoms with van der Waals surface area (Å²) >= 11 is 3.43. The maximum atomic E-state index is 11.6. The van der Waals surface area contributed by atoms with Crippen molar-refractivity contribution in [3.05, 3.63) is 28.2 Å². The molecule has 0 heterocycles. The fraction of sp³-hybridized carbons (Fsp3) is 0.462. The summed E-state index contributed by atoms with van der Waals surface area (Å²) in [6, 6.07) is 5.75. The van der Waals surface area contributed by atoms with Crippen molar-refractivity contribution >= 4 is 27.5 Å². The van der Waals surface area contributed by atoms with Crippen molar-refractivity contribution in [2.45, 2.75) is 26.7 Å². The molecule has 1 aromatic rings. The molecule has 0 radical (unpaired) electrons. The van der Waals surface area contributed by atoms with Crippen molar-refractivity contribution in [2.24, 2.45) is 0 Å². The van der Waals surface area contributed by atoms with E-state index < -0.39 is 0 Å². The summed E-state index contributed by atoms with van der Waals surface area (Å²) < 4.78 is 6.27. The monoisotopic (exact) mass is 299 g/mol. The van der Waals surface area contributed by atoms with Crippen molar-refractivity contribution in [3.63, 3.8) is 0 Å². The molecule has 0 saturated carbocycles. The zero-order chi connectivity index (χ0) is 12.7. The van der Waals surface area contributed by atoms with Crippen LogP contribution in [0.25, 0.3) is 0 Å². The Morgan fingerprint density at radius 1 is 1.41 bits per heavy atom. The number of hydrogen-bond donors (Lipinski definition) is 1. The molecule has 1 N–H and O–H groups in total. The summed E-state index contributed by atoms with van der Waals surface area (Å²) in [5.74, 6) is -0.0118. The predicted molar refractivity (Wildman–Crippen MR) is 73.2 cm³/mol. The van der Waals surface area contributed by atoms with Gasteiger partial charge in [-0.25, -0.2) is 0 Å². The van der Waals surface area contributed by atoms with Crippen molar-refractivity contribution in [2.75, 3.05) is 18.5 Å². The first-order valence-corrected chi connectivity index (χ1v) is 6.57. The Kier molecular flexibility index (Phi) is 6.22. The summed E-state index contributed by atoms with van der Waals surface area (Å²) in [4.78, 5) is 11.6. The van der Waals surface area contributed by atoms with Gasteiger partial charge in [0.15, 0.2) is 0 Å². The standard InChI is InChI=1S/C13H18BrNO2/c1-3-8-17-9-7-13(16)15-12-6-4-5-11(14)10(12)2/h4-6H,3,7-9H2,1-2H3,(H,15,16). The lowest BCUT2D eigenvalue weighted by Gasteiger charge is -2.09. The van der Waals surface area contributed by atoms with E-state index in [1.165, 1.54) is 0 Å². The lowest BCUT2D eigenvalue weighted by molar-refractivity contribution is -0.117. The van der Waals surface area contributed by atoms with E-state index >= 15 is 0 Å². The zero-order valence-corrected chi connectivity index (χ0v) is 11.8. The highest BCUT2D eigenvalue weighted by Crippen LogP contribution is 2.23. The molecule has 0 aliphatic rings. The van der Waals surface area contributed by atoms with Crippen molar-refractivity contribution in [3.8, 4) is 0 Å². The Labute approximate surface area is 111 Å². The molecule has 0 aliphatic carbocycles. The Bertz CT molecular complexity index is 380. The number of halogens is 1. The molecule has 0 aliphatic heterocycles. The topological polar surface area (TPSA) is 38.3 Å². The Morgan fingerprint density at radius 3 is 2.88 bits per heavy atom. The van der Waals surface area contributed by atoms with Crippen LogP contribution in [0.4, 0.5) is 5.69 Å². The average Bonchev–Trinajstić information content (AvgIpc) is 2.31. The molecule has 1 amide bonds. The van der Waals surface area contributed by atoms with E-state index in [1.807, 2.05) is 32.0 Å². The highest BCUT2D eigenvalue weighted by molar-refractivity contribution is 9.10. The normalized spacial score (nSPS) is 10.3. The SMILES string of the molecule is CCCOCCC(=O)Nc1cccc(Br)c1C. The molecular weight excluding hydrogens is 282 g/mol. The van der Waals surface area contributed by atoms with Gasteiger partial charge in [0.1, 0.15) is 0 Å². The van der Waals surface area contributed by atoms with Gasteiger partial charge in [0.25, 0.3) is 0 Å². The smallest absolute Gasteiger partial charge is 0.226 e. The van der Waals surface area contributed by atoms with E-state index in [0.717, 1.165) is 22.1 Å². The van der Waals surface area contributed by atoms with Crippen LogP contribution in [-0.2, 0) is 9.53 Å². The minimum absolute atomic E-state index is 0.0118. The maximum Gasteiger partial charge on any atom is 0.226 e. The van der Waals surface area contributed by atoms with Crippen LogP contribution in [0.1, 0.15) is 25.3 Å². The first-order chi connectivity index (χ1) is 8.15. The molecule has 0 unspecified atom stereocenters. The van der Waals surface area contributed by atoms with Crippen LogP contribution in [0.2, 0.25) is 0 Å². The average molecular weight is 300 g/mol. The maximum absolute atomic E-state index is 11.6. The number of ether oxygens (including phenoxy) is 1. The second kappa shape index (κ2) is 7.45. The fourth-order valence-corrected chi connectivity index (χ4v) is 1.73. The van der Waals surface area contributed by atoms with Crippen LogP contribution in [0.15, 0.2) is 22.7 Å². The van der Waals surface area contributed by atoms with Gasteiger partial charge in [0, 0.05) is 16.8 Å². The zero-order valence-electron chi connectivity index (χ0n) is 10.3. The van der Waals surface area contributed by atoms with E-state index in [0.29, 0.717) is 19.6 Å². The highest BCUT2D eigenvalue weighted by atomic mass is 79.9. The van der Waals surface area contributed by atoms with Crippen molar-refractivity contribution < 1.29 is 9.53 Å². The van der Waals surface area contributed by atoms with E-state index in [-0.39, 0.29) is 5.91 Å². The van der Waals surface area contributed by atoms with Crippen molar-refractivity contribution in [1.82, 2.24) is 0 Å². The van der Waals surface area contributed by atoms with Crippen LogP contribution >= 0.6 is 15.9 Å². The third-order valence-electron chi connectivity index (χ3n) is 2.36. The Balaban J connectivity index is 2.43. The second-order valence-corrected chi connectivity index (χ2v) is 4.68. The van der Waals surface area contributed by atoms with Crippen LogP contribution in [0, 0.1) is 6.92 Å². The van der Waals surface area contributed by atoms with E-state index in [2.05, 4.69) is 21.2 Å². The van der Waals surface area contributed by atoms with E-state index in [1.54, 1.807) is 0 Å². The number of carbonyl (C=O) groups is 1. The molecule has 1 aromatic carbocycles. The molecule has 4 heteroatoms. The van der Waals surface area contributed by atoms with Gasteiger partial charge >= 0.3 is 0 Å². The minimum atomic E-state index is -0.0118. The van der Waals surface area contributed by atoms with Gasteiger partial charge in [-0.1, -0.05) is 28.9 Å². The molecule has 0 bridgehead atoms. The molecule has 0 fully saturated rings. The molecule has 0 spiro atoms. The van der Waals surface area contributed by atoms with Gasteiger partial charge in [0.2, 0.25) is 5.91 Å². The summed E-state index contributed by atoms with van der Waals surface area (Å²) in [5.41, 5.74) is 1.88. The summed E-state index contributed by atoms with van der Waals surface area (Å²) in [6.07, 6.45) is 1.37. The minimum Gasteiger partial charge on any atom is -0.381 e. The Morgan fingerprint density at radius 2 is 2.18 bits per heavy atom. The largest absolute Gasteiger partial charge is 0.381 e. The van der Waals surface area contributed by atoms with Crippen LogP contribution in [0.3, 0.4) is 0 Å². The number of anilines is 1. The molecule has 94 valence electrons. The third kappa shape index (κ3) is 4.88. The van der Waals surface area contributed by atoms with Crippen LogP contribution in [-0.4, -0.2) is 19.1 Å². The first kappa shape index (κ1) is 14.2.